The van der Waals surface area contributed by atoms with Crippen LogP contribution in [0.3, 0.4) is 0 Å². The Labute approximate surface area is 155 Å². The van der Waals surface area contributed by atoms with E-state index in [1.54, 1.807) is 31.2 Å². The number of carbonyl (C=O) groups is 2. The molecule has 0 fully saturated rings. The van der Waals surface area contributed by atoms with Crippen LogP contribution in [0.1, 0.15) is 41.7 Å². The van der Waals surface area contributed by atoms with Crippen molar-refractivity contribution in [1.82, 2.24) is 5.32 Å². The van der Waals surface area contributed by atoms with Gasteiger partial charge in [0.05, 0.1) is 17.6 Å². The molecule has 0 saturated heterocycles. The Kier molecular flexibility index (Phi) is 6.87. The quantitative estimate of drug-likeness (QED) is 0.515. The summed E-state index contributed by atoms with van der Waals surface area (Å²) < 4.78 is 5.21. The first kappa shape index (κ1) is 19.9. The summed E-state index contributed by atoms with van der Waals surface area (Å²) in [5, 5.41) is 22.9. The molecule has 0 bridgehead atoms. The van der Waals surface area contributed by atoms with Gasteiger partial charge in [-0.2, -0.15) is 0 Å². The SMILES string of the molecule is CCOc1ccc(C(=O)NC(CCC(=O)O)c2ccccc2)cc1[N+](=O)[O-]. The topological polar surface area (TPSA) is 119 Å². The minimum atomic E-state index is -0.970. The van der Waals surface area contributed by atoms with Crippen molar-refractivity contribution >= 4 is 17.6 Å². The normalized spacial score (nSPS) is 11.4. The van der Waals surface area contributed by atoms with Crippen LogP contribution in [-0.2, 0) is 4.79 Å². The van der Waals surface area contributed by atoms with Crippen LogP contribution in [0.4, 0.5) is 5.69 Å². The fraction of sp³-hybridized carbons (Fsp3) is 0.263. The number of rotatable bonds is 9. The third kappa shape index (κ3) is 5.53. The standard InChI is InChI=1S/C19H20N2O6/c1-2-27-17-10-8-14(12-16(17)21(25)26)19(24)20-15(9-11-18(22)23)13-6-4-3-5-7-13/h3-8,10,12,15H,2,9,11H2,1H3,(H,20,24)(H,22,23). The molecule has 0 aliphatic rings. The van der Waals surface area contributed by atoms with Gasteiger partial charge in [-0.3, -0.25) is 19.7 Å². The first-order valence-electron chi connectivity index (χ1n) is 8.41. The lowest BCUT2D eigenvalue weighted by molar-refractivity contribution is -0.385. The number of carbonyl (C=O) groups excluding carboxylic acids is 1. The smallest absolute Gasteiger partial charge is 0.311 e. The van der Waals surface area contributed by atoms with Crippen molar-refractivity contribution < 1.29 is 24.4 Å². The highest BCUT2D eigenvalue weighted by atomic mass is 16.6. The Morgan fingerprint density at radius 1 is 1.22 bits per heavy atom. The van der Waals surface area contributed by atoms with Gasteiger partial charge in [0.1, 0.15) is 0 Å². The number of nitrogens with zero attached hydrogens (tertiary/aromatic N) is 1. The van der Waals surface area contributed by atoms with E-state index in [1.807, 2.05) is 6.07 Å². The van der Waals surface area contributed by atoms with Gasteiger partial charge in [0.25, 0.3) is 5.91 Å². The summed E-state index contributed by atoms with van der Waals surface area (Å²) in [6, 6.07) is 12.4. The van der Waals surface area contributed by atoms with Crippen LogP contribution in [-0.4, -0.2) is 28.5 Å². The molecule has 2 aromatic rings. The lowest BCUT2D eigenvalue weighted by Gasteiger charge is -2.18. The molecule has 8 heteroatoms. The van der Waals surface area contributed by atoms with E-state index >= 15 is 0 Å². The highest BCUT2D eigenvalue weighted by Crippen LogP contribution is 2.28. The van der Waals surface area contributed by atoms with Crippen molar-refractivity contribution in [3.8, 4) is 5.75 Å². The van der Waals surface area contributed by atoms with Crippen molar-refractivity contribution in [3.05, 3.63) is 69.8 Å². The fourth-order valence-electron chi connectivity index (χ4n) is 2.60. The predicted molar refractivity (Wildman–Crippen MR) is 97.8 cm³/mol. The van der Waals surface area contributed by atoms with Gasteiger partial charge in [-0.1, -0.05) is 30.3 Å². The predicted octanol–water partition coefficient (Wildman–Crippen LogP) is 3.33. The van der Waals surface area contributed by atoms with Crippen LogP contribution < -0.4 is 10.1 Å². The molecule has 0 heterocycles. The third-order valence-electron chi connectivity index (χ3n) is 3.87. The molecule has 142 valence electrons. The van der Waals surface area contributed by atoms with Gasteiger partial charge < -0.3 is 15.2 Å². The lowest BCUT2D eigenvalue weighted by atomic mass is 10.0. The van der Waals surface area contributed by atoms with Crippen molar-refractivity contribution in [2.75, 3.05) is 6.61 Å². The maximum Gasteiger partial charge on any atom is 0.311 e. The Morgan fingerprint density at radius 2 is 1.93 bits per heavy atom. The molecule has 0 saturated carbocycles. The Balaban J connectivity index is 2.25. The van der Waals surface area contributed by atoms with E-state index in [-0.39, 0.29) is 36.4 Å². The average Bonchev–Trinajstić information content (AvgIpc) is 2.65. The van der Waals surface area contributed by atoms with E-state index in [0.29, 0.717) is 0 Å². The van der Waals surface area contributed by atoms with Crippen molar-refractivity contribution in [3.63, 3.8) is 0 Å². The molecule has 1 amide bonds. The molecule has 0 spiro atoms. The number of benzene rings is 2. The van der Waals surface area contributed by atoms with Gasteiger partial charge in [-0.05, 0) is 31.0 Å². The second kappa shape index (κ2) is 9.33. The van der Waals surface area contributed by atoms with Gasteiger partial charge >= 0.3 is 11.7 Å². The number of nitro groups is 1. The summed E-state index contributed by atoms with van der Waals surface area (Å²) in [7, 11) is 0. The van der Waals surface area contributed by atoms with Crippen LogP contribution in [0.5, 0.6) is 5.75 Å². The molecule has 0 aromatic heterocycles. The van der Waals surface area contributed by atoms with Crippen LogP contribution >= 0.6 is 0 Å². The number of hydrogen-bond acceptors (Lipinski definition) is 5. The summed E-state index contributed by atoms with van der Waals surface area (Å²) in [5.41, 5.74) is 0.556. The number of hydrogen-bond donors (Lipinski definition) is 2. The lowest BCUT2D eigenvalue weighted by Crippen LogP contribution is -2.29. The van der Waals surface area contributed by atoms with E-state index in [9.17, 15) is 19.7 Å². The number of carboxylic acid groups (broad SMARTS) is 1. The molecule has 2 rings (SSSR count). The second-order valence-corrected chi connectivity index (χ2v) is 5.74. The zero-order chi connectivity index (χ0) is 19.8. The number of ether oxygens (including phenoxy) is 1. The van der Waals surface area contributed by atoms with Crippen molar-refractivity contribution in [2.24, 2.45) is 0 Å². The maximum absolute atomic E-state index is 12.6. The zero-order valence-corrected chi connectivity index (χ0v) is 14.8. The van der Waals surface area contributed by atoms with Crippen LogP contribution in [0.15, 0.2) is 48.5 Å². The summed E-state index contributed by atoms with van der Waals surface area (Å²) in [6.07, 6.45) is 0.0769. The minimum Gasteiger partial charge on any atom is -0.487 e. The number of amides is 1. The molecule has 0 aliphatic carbocycles. The summed E-state index contributed by atoms with van der Waals surface area (Å²) in [4.78, 5) is 34.1. The van der Waals surface area contributed by atoms with E-state index in [0.717, 1.165) is 11.6 Å². The Bertz CT molecular complexity index is 822. The van der Waals surface area contributed by atoms with E-state index in [2.05, 4.69) is 5.32 Å². The highest BCUT2D eigenvalue weighted by molar-refractivity contribution is 5.95. The van der Waals surface area contributed by atoms with E-state index in [4.69, 9.17) is 9.84 Å². The van der Waals surface area contributed by atoms with Crippen LogP contribution in [0, 0.1) is 10.1 Å². The molecule has 2 N–H and O–H groups in total. The summed E-state index contributed by atoms with van der Waals surface area (Å²) in [5.74, 6) is -1.41. The van der Waals surface area contributed by atoms with Crippen LogP contribution in [0.2, 0.25) is 0 Å². The second-order valence-electron chi connectivity index (χ2n) is 5.74. The van der Waals surface area contributed by atoms with Gasteiger partial charge in [0.2, 0.25) is 0 Å². The maximum atomic E-state index is 12.6. The first-order chi connectivity index (χ1) is 12.9. The number of aliphatic carboxylic acids is 1. The first-order valence-corrected chi connectivity index (χ1v) is 8.41. The fourth-order valence-corrected chi connectivity index (χ4v) is 2.60. The molecular formula is C19H20N2O6. The molecule has 0 aliphatic heterocycles. The monoisotopic (exact) mass is 372 g/mol. The minimum absolute atomic E-state index is 0.0875. The van der Waals surface area contributed by atoms with E-state index in [1.165, 1.54) is 12.1 Å². The molecule has 1 unspecified atom stereocenters. The number of nitrogens with one attached hydrogen (secondary N) is 1. The number of carboxylic acids is 1. The highest BCUT2D eigenvalue weighted by Gasteiger charge is 2.21. The molecule has 2 aromatic carbocycles. The van der Waals surface area contributed by atoms with Crippen molar-refractivity contribution in [1.29, 1.82) is 0 Å². The molecular weight excluding hydrogens is 352 g/mol. The largest absolute Gasteiger partial charge is 0.487 e. The third-order valence-corrected chi connectivity index (χ3v) is 3.87. The van der Waals surface area contributed by atoms with Crippen LogP contribution in [0.25, 0.3) is 0 Å². The van der Waals surface area contributed by atoms with Gasteiger partial charge in [-0.25, -0.2) is 0 Å². The Hall–Kier alpha value is -3.42. The number of nitro benzene ring substituents is 1. The summed E-state index contributed by atoms with van der Waals surface area (Å²) in [6.45, 7) is 1.97. The van der Waals surface area contributed by atoms with Crippen molar-refractivity contribution in [2.45, 2.75) is 25.8 Å². The van der Waals surface area contributed by atoms with Gasteiger partial charge in [0.15, 0.2) is 5.75 Å². The molecule has 0 radical (unpaired) electrons. The van der Waals surface area contributed by atoms with E-state index < -0.39 is 22.8 Å². The van der Waals surface area contributed by atoms with Gasteiger partial charge in [-0.15, -0.1) is 0 Å². The van der Waals surface area contributed by atoms with Gasteiger partial charge in [0, 0.05) is 18.1 Å². The molecule has 1 atom stereocenters. The Morgan fingerprint density at radius 3 is 2.52 bits per heavy atom. The molecule has 27 heavy (non-hydrogen) atoms. The zero-order valence-electron chi connectivity index (χ0n) is 14.8. The molecule has 8 nitrogen and oxygen atoms in total. The summed E-state index contributed by atoms with van der Waals surface area (Å²) >= 11 is 0. The average molecular weight is 372 g/mol.